The minimum atomic E-state index is -0.638. The first-order valence-electron chi connectivity index (χ1n) is 5.49. The quantitative estimate of drug-likeness (QED) is 0.874. The molecular formula is C13H10Cl2FNOS. The number of carbonyl (C=O) groups is 1. The molecule has 0 spiro atoms. The Bertz CT molecular complexity index is 594. The highest BCUT2D eigenvalue weighted by Crippen LogP contribution is 2.27. The van der Waals surface area contributed by atoms with Gasteiger partial charge in [-0.2, -0.15) is 0 Å². The van der Waals surface area contributed by atoms with Gasteiger partial charge in [-0.05, 0) is 31.2 Å². The van der Waals surface area contributed by atoms with Crippen molar-refractivity contribution in [2.24, 2.45) is 0 Å². The van der Waals surface area contributed by atoms with Gasteiger partial charge < -0.3 is 5.32 Å². The van der Waals surface area contributed by atoms with Crippen LogP contribution in [0.4, 0.5) is 4.39 Å². The molecule has 19 heavy (non-hydrogen) atoms. The van der Waals surface area contributed by atoms with Gasteiger partial charge in [-0.15, -0.1) is 11.3 Å². The van der Waals surface area contributed by atoms with Crippen LogP contribution in [0.25, 0.3) is 0 Å². The molecule has 0 fully saturated rings. The van der Waals surface area contributed by atoms with Crippen molar-refractivity contribution >= 4 is 40.4 Å². The fraction of sp³-hybridized carbons (Fsp3) is 0.154. The second-order valence-electron chi connectivity index (χ2n) is 3.93. The Morgan fingerprint density at radius 3 is 2.63 bits per heavy atom. The topological polar surface area (TPSA) is 29.1 Å². The molecule has 0 radical (unpaired) electrons. The SMILES string of the molecule is CC(NC(=O)c1c(F)cccc1Cl)c1ccc(Cl)s1. The molecule has 0 aliphatic rings. The molecule has 1 atom stereocenters. The summed E-state index contributed by atoms with van der Waals surface area (Å²) >= 11 is 13.0. The average Bonchev–Trinajstić information content (AvgIpc) is 2.75. The Kier molecular flexibility index (Phi) is 4.45. The summed E-state index contributed by atoms with van der Waals surface area (Å²) in [5.41, 5.74) is -0.140. The minimum Gasteiger partial charge on any atom is -0.345 e. The molecular weight excluding hydrogens is 308 g/mol. The summed E-state index contributed by atoms with van der Waals surface area (Å²) in [6, 6.07) is 7.44. The Morgan fingerprint density at radius 1 is 1.32 bits per heavy atom. The molecule has 0 bridgehead atoms. The van der Waals surface area contributed by atoms with Crippen molar-refractivity contribution in [1.82, 2.24) is 5.32 Å². The maximum atomic E-state index is 13.6. The first kappa shape index (κ1) is 14.3. The lowest BCUT2D eigenvalue weighted by Gasteiger charge is -2.13. The first-order valence-corrected chi connectivity index (χ1v) is 7.06. The summed E-state index contributed by atoms with van der Waals surface area (Å²) in [4.78, 5) is 12.9. The van der Waals surface area contributed by atoms with Gasteiger partial charge in [0.05, 0.1) is 21.0 Å². The van der Waals surface area contributed by atoms with Crippen LogP contribution in [-0.4, -0.2) is 5.91 Å². The maximum Gasteiger partial charge on any atom is 0.256 e. The third-order valence-electron chi connectivity index (χ3n) is 2.56. The fourth-order valence-corrected chi connectivity index (χ4v) is 2.93. The molecule has 0 aliphatic heterocycles. The van der Waals surface area contributed by atoms with Crippen LogP contribution in [0.1, 0.15) is 28.2 Å². The van der Waals surface area contributed by atoms with E-state index < -0.39 is 11.7 Å². The lowest BCUT2D eigenvalue weighted by molar-refractivity contribution is 0.0936. The highest BCUT2D eigenvalue weighted by Gasteiger charge is 2.18. The number of nitrogens with one attached hydrogen (secondary N) is 1. The van der Waals surface area contributed by atoms with Crippen molar-refractivity contribution in [3.05, 3.63) is 55.9 Å². The zero-order valence-corrected chi connectivity index (χ0v) is 12.2. The van der Waals surface area contributed by atoms with Gasteiger partial charge in [-0.3, -0.25) is 4.79 Å². The molecule has 100 valence electrons. The van der Waals surface area contributed by atoms with Crippen LogP contribution < -0.4 is 5.32 Å². The van der Waals surface area contributed by atoms with Crippen molar-refractivity contribution in [2.45, 2.75) is 13.0 Å². The van der Waals surface area contributed by atoms with E-state index in [1.807, 2.05) is 6.07 Å². The molecule has 0 aliphatic carbocycles. The summed E-state index contributed by atoms with van der Waals surface area (Å²) in [5, 5.41) is 2.79. The molecule has 2 aromatic rings. The van der Waals surface area contributed by atoms with Crippen molar-refractivity contribution in [3.63, 3.8) is 0 Å². The Balaban J connectivity index is 2.17. The maximum absolute atomic E-state index is 13.6. The summed E-state index contributed by atoms with van der Waals surface area (Å²) in [6.45, 7) is 1.80. The lowest BCUT2D eigenvalue weighted by Crippen LogP contribution is -2.27. The van der Waals surface area contributed by atoms with E-state index in [0.29, 0.717) is 4.34 Å². The summed E-state index contributed by atoms with van der Waals surface area (Å²) in [5.74, 6) is -1.18. The molecule has 1 unspecified atom stereocenters. The van der Waals surface area contributed by atoms with Crippen molar-refractivity contribution in [1.29, 1.82) is 0 Å². The van der Waals surface area contributed by atoms with Crippen LogP contribution in [0, 0.1) is 5.82 Å². The van der Waals surface area contributed by atoms with Gasteiger partial charge in [0.25, 0.3) is 5.91 Å². The van der Waals surface area contributed by atoms with Crippen LogP contribution in [-0.2, 0) is 0 Å². The van der Waals surface area contributed by atoms with E-state index in [0.717, 1.165) is 4.88 Å². The summed E-state index contributed by atoms with van der Waals surface area (Å²) in [7, 11) is 0. The van der Waals surface area contributed by atoms with Crippen LogP contribution >= 0.6 is 34.5 Å². The van der Waals surface area contributed by atoms with E-state index in [2.05, 4.69) is 5.32 Å². The highest BCUT2D eigenvalue weighted by atomic mass is 35.5. The normalized spacial score (nSPS) is 12.2. The minimum absolute atomic E-state index is 0.0916. The fourth-order valence-electron chi connectivity index (χ4n) is 1.62. The lowest BCUT2D eigenvalue weighted by atomic mass is 10.1. The molecule has 2 rings (SSSR count). The molecule has 0 saturated carbocycles. The zero-order valence-electron chi connectivity index (χ0n) is 9.91. The van der Waals surface area contributed by atoms with E-state index in [4.69, 9.17) is 23.2 Å². The molecule has 1 amide bonds. The van der Waals surface area contributed by atoms with Crippen LogP contribution in [0.3, 0.4) is 0 Å². The predicted octanol–water partition coefficient (Wildman–Crippen LogP) is 4.69. The number of rotatable bonds is 3. The van der Waals surface area contributed by atoms with E-state index in [-0.39, 0.29) is 16.6 Å². The van der Waals surface area contributed by atoms with E-state index in [9.17, 15) is 9.18 Å². The van der Waals surface area contributed by atoms with E-state index >= 15 is 0 Å². The predicted molar refractivity (Wildman–Crippen MR) is 76.6 cm³/mol. The average molecular weight is 318 g/mol. The second kappa shape index (κ2) is 5.90. The van der Waals surface area contributed by atoms with Crippen LogP contribution in [0.5, 0.6) is 0 Å². The van der Waals surface area contributed by atoms with Crippen molar-refractivity contribution in [3.8, 4) is 0 Å². The molecule has 0 saturated heterocycles. The van der Waals surface area contributed by atoms with Crippen molar-refractivity contribution in [2.75, 3.05) is 0 Å². The Labute approximate surface area is 124 Å². The monoisotopic (exact) mass is 317 g/mol. The van der Waals surface area contributed by atoms with Crippen LogP contribution in [0.2, 0.25) is 9.36 Å². The van der Waals surface area contributed by atoms with Crippen molar-refractivity contribution < 1.29 is 9.18 Å². The van der Waals surface area contributed by atoms with Gasteiger partial charge in [0.15, 0.2) is 0 Å². The summed E-state index contributed by atoms with van der Waals surface area (Å²) in [6.07, 6.45) is 0. The molecule has 1 aromatic carbocycles. The molecule has 1 N–H and O–H groups in total. The van der Waals surface area contributed by atoms with Gasteiger partial charge in [-0.25, -0.2) is 4.39 Å². The third-order valence-corrected chi connectivity index (χ3v) is 4.29. The number of benzene rings is 1. The number of amides is 1. The first-order chi connectivity index (χ1) is 8.99. The van der Waals surface area contributed by atoms with E-state index in [1.54, 1.807) is 13.0 Å². The zero-order chi connectivity index (χ0) is 14.0. The molecule has 6 heteroatoms. The third kappa shape index (κ3) is 3.26. The summed E-state index contributed by atoms with van der Waals surface area (Å²) < 4.78 is 14.2. The van der Waals surface area contributed by atoms with Gasteiger partial charge in [-0.1, -0.05) is 29.3 Å². The second-order valence-corrected chi connectivity index (χ2v) is 6.09. The van der Waals surface area contributed by atoms with Gasteiger partial charge >= 0.3 is 0 Å². The number of hydrogen-bond acceptors (Lipinski definition) is 2. The van der Waals surface area contributed by atoms with Crippen LogP contribution in [0.15, 0.2) is 30.3 Å². The van der Waals surface area contributed by atoms with Gasteiger partial charge in [0.2, 0.25) is 0 Å². The standard InChI is InChI=1S/C13H10Cl2FNOS/c1-7(10-5-6-11(15)19-10)17-13(18)12-8(14)3-2-4-9(12)16/h2-7H,1H3,(H,17,18). The number of carbonyl (C=O) groups excluding carboxylic acids is 1. The molecule has 1 heterocycles. The molecule has 2 nitrogen and oxygen atoms in total. The largest absolute Gasteiger partial charge is 0.345 e. The van der Waals surface area contributed by atoms with E-state index in [1.165, 1.54) is 29.5 Å². The Morgan fingerprint density at radius 2 is 2.05 bits per heavy atom. The number of hydrogen-bond donors (Lipinski definition) is 1. The smallest absolute Gasteiger partial charge is 0.256 e. The highest BCUT2D eigenvalue weighted by molar-refractivity contribution is 7.16. The van der Waals surface area contributed by atoms with Gasteiger partial charge in [0, 0.05) is 4.88 Å². The van der Waals surface area contributed by atoms with Gasteiger partial charge in [0.1, 0.15) is 5.82 Å². The number of halogens is 3. The Hall–Kier alpha value is -1.10. The number of thiophene rings is 1. The molecule has 1 aromatic heterocycles.